The Labute approximate surface area is 133 Å². The molecule has 1 amide bonds. The molecule has 22 heavy (non-hydrogen) atoms. The van der Waals surface area contributed by atoms with Gasteiger partial charge in [-0.25, -0.2) is 4.79 Å². The highest BCUT2D eigenvalue weighted by Crippen LogP contribution is 2.59. The summed E-state index contributed by atoms with van der Waals surface area (Å²) in [6.07, 6.45) is 0.0423. The fourth-order valence-corrected chi connectivity index (χ4v) is 4.79. The maximum Gasteiger partial charge on any atom is 0.407 e. The molecule has 0 radical (unpaired) electrons. The van der Waals surface area contributed by atoms with E-state index in [9.17, 15) is 9.90 Å². The van der Waals surface area contributed by atoms with Gasteiger partial charge in [-0.1, -0.05) is 25.1 Å². The number of carbonyl (C=O) groups is 1. The first kappa shape index (κ1) is 13.6. The van der Waals surface area contributed by atoms with Gasteiger partial charge in [-0.3, -0.25) is 0 Å². The monoisotopic (exact) mass is 314 g/mol. The summed E-state index contributed by atoms with van der Waals surface area (Å²) in [7, 11) is 0. The van der Waals surface area contributed by atoms with Gasteiger partial charge < -0.3 is 15.3 Å². The zero-order chi connectivity index (χ0) is 15.3. The molecule has 3 atom stereocenters. The minimum Gasteiger partial charge on any atom is -0.465 e. The Balaban J connectivity index is 1.89. The summed E-state index contributed by atoms with van der Waals surface area (Å²) in [6.45, 7) is 2.80. The van der Waals surface area contributed by atoms with Crippen molar-refractivity contribution in [3.05, 3.63) is 52.2 Å². The highest BCUT2D eigenvalue weighted by Gasteiger charge is 2.54. The fraction of sp³-hybridized carbons (Fsp3) is 0.353. The number of fused-ring (bicyclic) bond motifs is 3. The summed E-state index contributed by atoms with van der Waals surface area (Å²) in [5, 5.41) is 17.5. The number of anilines is 1. The summed E-state index contributed by atoms with van der Waals surface area (Å²) >= 11 is 1.68. The first-order valence-corrected chi connectivity index (χ1v) is 8.42. The molecule has 3 heterocycles. The molecule has 2 aliphatic heterocycles. The molecule has 1 aromatic heterocycles. The van der Waals surface area contributed by atoms with Crippen molar-refractivity contribution in [3.8, 4) is 0 Å². The lowest BCUT2D eigenvalue weighted by molar-refractivity contribution is 0.110. The highest BCUT2D eigenvalue weighted by molar-refractivity contribution is 7.08. The van der Waals surface area contributed by atoms with Crippen molar-refractivity contribution in [1.82, 2.24) is 4.90 Å². The Kier molecular flexibility index (Phi) is 2.94. The van der Waals surface area contributed by atoms with Crippen LogP contribution in [0.4, 0.5) is 10.5 Å². The molecule has 2 aliphatic rings. The highest BCUT2D eigenvalue weighted by atomic mass is 32.1. The Morgan fingerprint density at radius 1 is 1.41 bits per heavy atom. The lowest BCUT2D eigenvalue weighted by Gasteiger charge is -2.46. The van der Waals surface area contributed by atoms with Crippen LogP contribution < -0.4 is 5.32 Å². The summed E-state index contributed by atoms with van der Waals surface area (Å²) in [6, 6.07) is 10.3. The number of likely N-dealkylation sites (tertiary alicyclic amines) is 1. The quantitative estimate of drug-likeness (QED) is 0.823. The molecule has 0 spiro atoms. The van der Waals surface area contributed by atoms with Crippen LogP contribution in [0.5, 0.6) is 0 Å². The second kappa shape index (κ2) is 4.74. The van der Waals surface area contributed by atoms with Crippen LogP contribution >= 0.6 is 11.3 Å². The number of thiophene rings is 1. The molecule has 5 heteroatoms. The largest absolute Gasteiger partial charge is 0.465 e. The number of hydrogen-bond donors (Lipinski definition) is 2. The zero-order valence-electron chi connectivity index (χ0n) is 12.3. The minimum atomic E-state index is -0.825. The van der Waals surface area contributed by atoms with Crippen molar-refractivity contribution in [1.29, 1.82) is 0 Å². The molecule has 0 saturated carbocycles. The topological polar surface area (TPSA) is 52.6 Å². The first-order valence-electron chi connectivity index (χ1n) is 7.48. The van der Waals surface area contributed by atoms with Crippen molar-refractivity contribution in [2.24, 2.45) is 5.41 Å². The van der Waals surface area contributed by atoms with Gasteiger partial charge in [-0.15, -0.1) is 0 Å². The van der Waals surface area contributed by atoms with E-state index in [1.54, 1.807) is 16.2 Å². The number of benzene rings is 1. The van der Waals surface area contributed by atoms with E-state index in [1.807, 2.05) is 18.2 Å². The van der Waals surface area contributed by atoms with Crippen molar-refractivity contribution < 1.29 is 9.90 Å². The summed E-state index contributed by atoms with van der Waals surface area (Å²) in [5.41, 5.74) is 3.26. The van der Waals surface area contributed by atoms with E-state index in [1.165, 1.54) is 5.56 Å². The molecule has 1 aromatic carbocycles. The van der Waals surface area contributed by atoms with Crippen molar-refractivity contribution >= 4 is 23.1 Å². The summed E-state index contributed by atoms with van der Waals surface area (Å²) < 4.78 is 0. The van der Waals surface area contributed by atoms with Crippen LogP contribution in [0, 0.1) is 5.41 Å². The van der Waals surface area contributed by atoms with E-state index in [2.05, 4.69) is 35.1 Å². The Morgan fingerprint density at radius 3 is 2.95 bits per heavy atom. The molecule has 4 nitrogen and oxygen atoms in total. The number of carboxylic acid groups (broad SMARTS) is 1. The van der Waals surface area contributed by atoms with Crippen LogP contribution in [0.2, 0.25) is 0 Å². The SMILES string of the molecule is CC12CCN(C(=O)O)C1c1ccccc1NC2c1ccsc1. The van der Waals surface area contributed by atoms with E-state index in [0.29, 0.717) is 6.54 Å². The van der Waals surface area contributed by atoms with E-state index in [4.69, 9.17) is 0 Å². The lowest BCUT2D eigenvalue weighted by atomic mass is 9.68. The number of para-hydroxylation sites is 1. The number of amides is 1. The van der Waals surface area contributed by atoms with Gasteiger partial charge in [-0.05, 0) is 40.4 Å². The molecular formula is C17H18N2O2S. The van der Waals surface area contributed by atoms with Crippen molar-refractivity contribution in [2.75, 3.05) is 11.9 Å². The third-order valence-electron chi connectivity index (χ3n) is 5.16. The molecule has 2 aromatic rings. The van der Waals surface area contributed by atoms with E-state index in [0.717, 1.165) is 17.7 Å². The van der Waals surface area contributed by atoms with Crippen LogP contribution in [0.25, 0.3) is 0 Å². The van der Waals surface area contributed by atoms with Gasteiger partial charge in [0.1, 0.15) is 0 Å². The standard InChI is InChI=1S/C17H18N2O2S/c1-17-7-8-19(16(20)21)15(17)12-4-2-3-5-13(12)18-14(17)11-6-9-22-10-11/h2-6,9-10,14-15,18H,7-8H2,1H3,(H,20,21). The molecule has 4 rings (SSSR count). The van der Waals surface area contributed by atoms with Crippen molar-refractivity contribution in [2.45, 2.75) is 25.4 Å². The lowest BCUT2D eigenvalue weighted by Crippen LogP contribution is -2.42. The van der Waals surface area contributed by atoms with Crippen LogP contribution in [-0.2, 0) is 0 Å². The van der Waals surface area contributed by atoms with E-state index in [-0.39, 0.29) is 17.5 Å². The van der Waals surface area contributed by atoms with Gasteiger partial charge in [0, 0.05) is 17.6 Å². The van der Waals surface area contributed by atoms with Crippen LogP contribution in [0.3, 0.4) is 0 Å². The van der Waals surface area contributed by atoms with Gasteiger partial charge in [0.2, 0.25) is 0 Å². The molecule has 3 unspecified atom stereocenters. The van der Waals surface area contributed by atoms with Gasteiger partial charge in [0.15, 0.2) is 0 Å². The number of rotatable bonds is 1. The van der Waals surface area contributed by atoms with E-state index >= 15 is 0 Å². The molecule has 2 N–H and O–H groups in total. The summed E-state index contributed by atoms with van der Waals surface area (Å²) in [5.74, 6) is 0. The average molecular weight is 314 g/mol. The van der Waals surface area contributed by atoms with Gasteiger partial charge in [-0.2, -0.15) is 11.3 Å². The smallest absolute Gasteiger partial charge is 0.407 e. The summed E-state index contributed by atoms with van der Waals surface area (Å²) in [4.78, 5) is 13.3. The number of hydrogen-bond acceptors (Lipinski definition) is 3. The molecule has 1 fully saturated rings. The normalized spacial score (nSPS) is 29.6. The maximum absolute atomic E-state index is 11.7. The van der Waals surface area contributed by atoms with Crippen molar-refractivity contribution in [3.63, 3.8) is 0 Å². The Hall–Kier alpha value is -2.01. The molecular weight excluding hydrogens is 296 g/mol. The van der Waals surface area contributed by atoms with Gasteiger partial charge in [0.25, 0.3) is 0 Å². The Bertz CT molecular complexity index is 715. The maximum atomic E-state index is 11.7. The zero-order valence-corrected chi connectivity index (χ0v) is 13.1. The third kappa shape index (κ3) is 1.78. The molecule has 0 aliphatic carbocycles. The predicted molar refractivity (Wildman–Crippen MR) is 87.3 cm³/mol. The fourth-order valence-electron chi connectivity index (χ4n) is 4.11. The molecule has 0 bridgehead atoms. The van der Waals surface area contributed by atoms with Gasteiger partial charge in [0.05, 0.1) is 12.1 Å². The van der Waals surface area contributed by atoms with Crippen LogP contribution in [0.15, 0.2) is 41.1 Å². The Morgan fingerprint density at radius 2 is 2.23 bits per heavy atom. The predicted octanol–water partition coefficient (Wildman–Crippen LogP) is 4.35. The second-order valence-corrected chi connectivity index (χ2v) is 7.14. The average Bonchev–Trinajstić information content (AvgIpc) is 3.13. The number of nitrogens with zero attached hydrogens (tertiary/aromatic N) is 1. The van der Waals surface area contributed by atoms with Crippen LogP contribution in [0.1, 0.15) is 36.6 Å². The van der Waals surface area contributed by atoms with E-state index < -0.39 is 6.09 Å². The number of nitrogens with one attached hydrogen (secondary N) is 1. The molecule has 1 saturated heterocycles. The molecule has 114 valence electrons. The minimum absolute atomic E-state index is 0.0904. The second-order valence-electron chi connectivity index (χ2n) is 6.36. The third-order valence-corrected chi connectivity index (χ3v) is 5.87. The van der Waals surface area contributed by atoms with Gasteiger partial charge >= 0.3 is 6.09 Å². The van der Waals surface area contributed by atoms with Crippen LogP contribution in [-0.4, -0.2) is 22.6 Å². The first-order chi connectivity index (χ1) is 10.6.